The molecular weight excluding hydrogens is 506 g/mol. The molecule has 1 amide bonds. The van der Waals surface area contributed by atoms with Crippen molar-refractivity contribution in [1.82, 2.24) is 4.57 Å². The molecule has 4 rings (SSSR count). The van der Waals surface area contributed by atoms with Crippen LogP contribution in [0.15, 0.2) is 73.2 Å². The van der Waals surface area contributed by atoms with Crippen LogP contribution in [0, 0.1) is 12.8 Å². The highest BCUT2D eigenvalue weighted by atomic mass is 79.9. The number of carbonyl (C=O) groups is 2. The number of amides is 1. The molecule has 0 saturated heterocycles. The number of ether oxygens (including phenoxy) is 1. The number of imidazole rings is 1. The minimum absolute atomic E-state index is 0. The number of aryl methyl sites for hydroxylation is 2. The van der Waals surface area contributed by atoms with E-state index in [1.807, 2.05) is 60.7 Å². The molecule has 2 aromatic carbocycles. The maximum absolute atomic E-state index is 13.3. The number of nitrogens with two attached hydrogens (primary N) is 1. The van der Waals surface area contributed by atoms with E-state index in [9.17, 15) is 9.59 Å². The van der Waals surface area contributed by atoms with Crippen molar-refractivity contribution in [2.24, 2.45) is 11.7 Å². The van der Waals surface area contributed by atoms with Gasteiger partial charge in [0.05, 0.1) is 13.2 Å². The van der Waals surface area contributed by atoms with Crippen LogP contribution in [0.3, 0.4) is 0 Å². The van der Waals surface area contributed by atoms with Gasteiger partial charge >= 0.3 is 5.97 Å². The first-order chi connectivity index (χ1) is 16.4. The predicted molar refractivity (Wildman–Crippen MR) is 130 cm³/mol. The van der Waals surface area contributed by atoms with E-state index in [2.05, 4.69) is 28.6 Å². The molecule has 0 unspecified atom stereocenters. The van der Waals surface area contributed by atoms with Gasteiger partial charge in [-0.3, -0.25) is 9.59 Å². The minimum atomic E-state index is -0.862. The van der Waals surface area contributed by atoms with Gasteiger partial charge in [0.15, 0.2) is 0 Å². The van der Waals surface area contributed by atoms with E-state index in [1.165, 1.54) is 12.6 Å². The van der Waals surface area contributed by atoms with Gasteiger partial charge in [-0.1, -0.05) is 60.7 Å². The monoisotopic (exact) mass is 539 g/mol. The SMILES string of the molecule is CC(=O)OCCCn1c[n+]([C@@H]2CC[C@@H](C(C(N)=O)(c3ccccc3)c3ccccc3)C2)cc1C.[Br-]. The number of nitrogens with zero attached hydrogens (tertiary/aromatic N) is 2. The van der Waals surface area contributed by atoms with Gasteiger partial charge in [0, 0.05) is 20.3 Å². The molecule has 2 atom stereocenters. The lowest BCUT2D eigenvalue weighted by molar-refractivity contribution is -0.721. The van der Waals surface area contributed by atoms with Crippen molar-refractivity contribution in [3.05, 3.63) is 90.0 Å². The first kappa shape index (κ1) is 26.7. The molecule has 1 aliphatic rings. The molecule has 3 aromatic rings. The third kappa shape index (κ3) is 5.50. The Hall–Kier alpha value is -2.93. The molecular formula is C28H34BrN3O3. The Kier molecular flexibility index (Phi) is 8.89. The van der Waals surface area contributed by atoms with Gasteiger partial charge in [0.25, 0.3) is 0 Å². The van der Waals surface area contributed by atoms with E-state index in [0.717, 1.165) is 43.4 Å². The molecule has 7 heteroatoms. The molecule has 6 nitrogen and oxygen atoms in total. The van der Waals surface area contributed by atoms with Gasteiger partial charge in [-0.15, -0.1) is 0 Å². The van der Waals surface area contributed by atoms with Crippen LogP contribution in [-0.4, -0.2) is 23.1 Å². The lowest BCUT2D eigenvalue weighted by atomic mass is 9.64. The van der Waals surface area contributed by atoms with Crippen LogP contribution in [0.4, 0.5) is 0 Å². The third-order valence-corrected chi connectivity index (χ3v) is 7.20. The van der Waals surface area contributed by atoms with E-state index in [1.54, 1.807) is 0 Å². The molecule has 35 heavy (non-hydrogen) atoms. The van der Waals surface area contributed by atoms with E-state index in [-0.39, 0.29) is 34.8 Å². The number of carbonyl (C=O) groups excluding carboxylic acids is 2. The Labute approximate surface area is 217 Å². The van der Waals surface area contributed by atoms with Crippen LogP contribution in [0.2, 0.25) is 0 Å². The molecule has 0 bridgehead atoms. The van der Waals surface area contributed by atoms with Gasteiger partial charge in [-0.25, -0.2) is 9.13 Å². The lowest BCUT2D eigenvalue weighted by Gasteiger charge is -2.37. The fraction of sp³-hybridized carbons (Fsp3) is 0.393. The highest BCUT2D eigenvalue weighted by Crippen LogP contribution is 2.48. The smallest absolute Gasteiger partial charge is 0.302 e. The number of benzene rings is 2. The van der Waals surface area contributed by atoms with E-state index in [4.69, 9.17) is 10.5 Å². The predicted octanol–water partition coefficient (Wildman–Crippen LogP) is 0.854. The summed E-state index contributed by atoms with van der Waals surface area (Å²) in [5, 5.41) is 0. The van der Waals surface area contributed by atoms with E-state index >= 15 is 0 Å². The highest BCUT2D eigenvalue weighted by Gasteiger charge is 2.50. The van der Waals surface area contributed by atoms with Gasteiger partial charge in [0.2, 0.25) is 12.2 Å². The minimum Gasteiger partial charge on any atom is -1.00 e. The summed E-state index contributed by atoms with van der Waals surface area (Å²) < 4.78 is 9.55. The van der Waals surface area contributed by atoms with Gasteiger partial charge in [-0.2, -0.15) is 0 Å². The van der Waals surface area contributed by atoms with Crippen molar-refractivity contribution >= 4 is 11.9 Å². The van der Waals surface area contributed by atoms with Crippen LogP contribution >= 0.6 is 0 Å². The lowest BCUT2D eigenvalue weighted by Crippen LogP contribution is -3.00. The standard InChI is InChI=1S/C28H33N3O3.BrH/c1-21-19-31(20-30(21)16-9-17-34-22(2)32)26-15-14-25(18-26)28(27(29)33,23-10-5-3-6-11-23)24-12-7-4-8-13-24;/h3-8,10-13,19-20,25-26H,9,14-18H2,1-2H3,(H-,29,33);1H/t25-,26-;/m1./s1. The average molecular weight is 541 g/mol. The zero-order valence-corrected chi connectivity index (χ0v) is 22.0. The normalized spacial score (nSPS) is 17.5. The Morgan fingerprint density at radius 1 is 1.06 bits per heavy atom. The second-order valence-electron chi connectivity index (χ2n) is 9.29. The first-order valence-corrected chi connectivity index (χ1v) is 12.0. The van der Waals surface area contributed by atoms with Crippen LogP contribution in [0.5, 0.6) is 0 Å². The first-order valence-electron chi connectivity index (χ1n) is 12.0. The molecule has 1 heterocycles. The van der Waals surface area contributed by atoms with Crippen LogP contribution < -0.4 is 27.3 Å². The van der Waals surface area contributed by atoms with Gasteiger partial charge in [0.1, 0.15) is 23.3 Å². The quantitative estimate of drug-likeness (QED) is 0.249. The van der Waals surface area contributed by atoms with Crippen LogP contribution in [-0.2, 0) is 26.3 Å². The molecule has 1 saturated carbocycles. The molecule has 1 fully saturated rings. The molecule has 186 valence electrons. The Morgan fingerprint density at radius 2 is 1.66 bits per heavy atom. The summed E-state index contributed by atoms with van der Waals surface area (Å²) in [4.78, 5) is 24.3. The fourth-order valence-corrected chi connectivity index (χ4v) is 5.61. The average Bonchev–Trinajstić information content (AvgIpc) is 3.46. The van der Waals surface area contributed by atoms with Crippen molar-refractivity contribution < 1.29 is 35.9 Å². The second-order valence-corrected chi connectivity index (χ2v) is 9.29. The number of hydrogen-bond donors (Lipinski definition) is 1. The summed E-state index contributed by atoms with van der Waals surface area (Å²) in [5.41, 5.74) is 8.46. The topological polar surface area (TPSA) is 78.2 Å². The summed E-state index contributed by atoms with van der Waals surface area (Å²) in [6, 6.07) is 20.3. The Bertz CT molecular complexity index is 1090. The summed E-state index contributed by atoms with van der Waals surface area (Å²) in [5.74, 6) is -0.439. The Morgan fingerprint density at radius 3 is 2.20 bits per heavy atom. The number of aromatic nitrogens is 2. The largest absolute Gasteiger partial charge is 1.00 e. The number of hydrogen-bond acceptors (Lipinski definition) is 3. The number of rotatable bonds is 9. The van der Waals surface area contributed by atoms with Gasteiger partial charge < -0.3 is 27.5 Å². The molecule has 1 aromatic heterocycles. The van der Waals surface area contributed by atoms with Crippen molar-refractivity contribution in [2.45, 2.75) is 57.5 Å². The van der Waals surface area contributed by atoms with Crippen LogP contribution in [0.1, 0.15) is 55.5 Å². The maximum Gasteiger partial charge on any atom is 0.302 e. The zero-order chi connectivity index (χ0) is 24.1. The molecule has 0 aliphatic heterocycles. The highest BCUT2D eigenvalue weighted by molar-refractivity contribution is 5.91. The van der Waals surface area contributed by atoms with Crippen molar-refractivity contribution in [2.75, 3.05) is 6.61 Å². The van der Waals surface area contributed by atoms with Crippen molar-refractivity contribution in [3.8, 4) is 0 Å². The summed E-state index contributed by atoms with van der Waals surface area (Å²) in [6.07, 6.45) is 7.87. The molecule has 2 N–H and O–H groups in total. The van der Waals surface area contributed by atoms with Gasteiger partial charge in [-0.05, 0) is 36.3 Å². The van der Waals surface area contributed by atoms with Crippen LogP contribution in [0.25, 0.3) is 0 Å². The number of esters is 1. The summed E-state index contributed by atoms with van der Waals surface area (Å²) >= 11 is 0. The zero-order valence-electron chi connectivity index (χ0n) is 20.4. The fourth-order valence-electron chi connectivity index (χ4n) is 5.61. The van der Waals surface area contributed by atoms with E-state index in [0.29, 0.717) is 12.6 Å². The molecule has 0 spiro atoms. The van der Waals surface area contributed by atoms with Crippen molar-refractivity contribution in [3.63, 3.8) is 0 Å². The third-order valence-electron chi connectivity index (χ3n) is 7.20. The number of primary amides is 1. The Balaban J connectivity index is 0.00000342. The summed E-state index contributed by atoms with van der Waals surface area (Å²) in [6.45, 7) is 4.74. The molecule has 0 radical (unpaired) electrons. The van der Waals surface area contributed by atoms with E-state index < -0.39 is 5.41 Å². The maximum atomic E-state index is 13.3. The van der Waals surface area contributed by atoms with Crippen molar-refractivity contribution in [1.29, 1.82) is 0 Å². The summed E-state index contributed by atoms with van der Waals surface area (Å²) in [7, 11) is 0. The number of halogens is 1. The second kappa shape index (κ2) is 11.7. The molecule has 1 aliphatic carbocycles.